The molecule has 0 aromatic heterocycles. The van der Waals surface area contributed by atoms with E-state index in [-0.39, 0.29) is 17.6 Å². The smallest absolute Gasteiger partial charge is 0.166 e. The van der Waals surface area contributed by atoms with Gasteiger partial charge < -0.3 is 25.8 Å². The van der Waals surface area contributed by atoms with Crippen molar-refractivity contribution in [2.45, 2.75) is 39.4 Å². The molecule has 0 saturated carbocycles. The van der Waals surface area contributed by atoms with Crippen LogP contribution >= 0.6 is 0 Å². The average Bonchev–Trinajstić information content (AvgIpc) is 2.86. The first-order valence-electron chi connectivity index (χ1n) is 11.4. The van der Waals surface area contributed by atoms with E-state index in [2.05, 4.69) is 10.5 Å². The van der Waals surface area contributed by atoms with Crippen molar-refractivity contribution < 1.29 is 19.4 Å². The van der Waals surface area contributed by atoms with E-state index >= 15 is 0 Å². The van der Waals surface area contributed by atoms with Crippen LogP contribution in [0.25, 0.3) is 0 Å². The summed E-state index contributed by atoms with van der Waals surface area (Å²) in [5.41, 5.74) is 7.06. The van der Waals surface area contributed by atoms with Gasteiger partial charge in [-0.2, -0.15) is 5.10 Å². The molecule has 6 N–H and O–H groups in total. The van der Waals surface area contributed by atoms with Crippen molar-refractivity contribution in [1.29, 1.82) is 0 Å². The molecule has 0 fully saturated rings. The molecule has 1 atom stereocenters. The monoisotopic (exact) mass is 476 g/mol. The Balaban J connectivity index is 1.78. The van der Waals surface area contributed by atoms with Gasteiger partial charge in [-0.25, -0.2) is 5.84 Å². The van der Waals surface area contributed by atoms with Gasteiger partial charge in [0.1, 0.15) is 24.2 Å². The van der Waals surface area contributed by atoms with Crippen LogP contribution in [0.15, 0.2) is 65.8 Å². The normalized spacial score (nSPS) is 12.3. The molecule has 3 aromatic rings. The lowest BCUT2D eigenvalue weighted by Gasteiger charge is -2.18. The Bertz CT molecular complexity index is 1190. The van der Waals surface area contributed by atoms with Crippen molar-refractivity contribution >= 4 is 11.6 Å². The molecule has 0 saturated heterocycles. The predicted molar refractivity (Wildman–Crippen MR) is 136 cm³/mol. The van der Waals surface area contributed by atoms with Crippen molar-refractivity contribution in [2.75, 3.05) is 7.11 Å². The third kappa shape index (κ3) is 5.98. The van der Waals surface area contributed by atoms with E-state index in [1.165, 1.54) is 6.92 Å². The highest BCUT2D eigenvalue weighted by molar-refractivity contribution is 5.98. The summed E-state index contributed by atoms with van der Waals surface area (Å²) >= 11 is 0. The fourth-order valence-corrected chi connectivity index (χ4v) is 3.99. The summed E-state index contributed by atoms with van der Waals surface area (Å²) in [6.45, 7) is 3.78. The molecule has 8 nitrogen and oxygen atoms in total. The van der Waals surface area contributed by atoms with Crippen molar-refractivity contribution in [3.8, 4) is 11.5 Å². The van der Waals surface area contributed by atoms with Crippen LogP contribution in [0, 0.1) is 0 Å². The highest BCUT2D eigenvalue weighted by Gasteiger charge is 2.17. The SMILES string of the molecule is CCCc1c(OCc2ccc(C(OC)c3cccc(C(=NN)NN)c3)cc2)ccc(C(C)=O)c1O. The van der Waals surface area contributed by atoms with Gasteiger partial charge in [-0.05, 0) is 48.2 Å². The summed E-state index contributed by atoms with van der Waals surface area (Å²) in [4.78, 5) is 11.8. The Labute approximate surface area is 205 Å². The van der Waals surface area contributed by atoms with E-state index in [4.69, 9.17) is 21.2 Å². The summed E-state index contributed by atoms with van der Waals surface area (Å²) < 4.78 is 11.8. The topological polar surface area (TPSA) is 132 Å². The van der Waals surface area contributed by atoms with E-state index in [0.29, 0.717) is 35.7 Å². The number of nitrogens with one attached hydrogen (secondary N) is 1. The summed E-state index contributed by atoms with van der Waals surface area (Å²) in [6, 6.07) is 18.9. The van der Waals surface area contributed by atoms with Crippen LogP contribution in [-0.2, 0) is 17.8 Å². The maximum absolute atomic E-state index is 11.8. The van der Waals surface area contributed by atoms with Gasteiger partial charge in [-0.1, -0.05) is 55.8 Å². The maximum atomic E-state index is 11.8. The van der Waals surface area contributed by atoms with Crippen LogP contribution in [0.4, 0.5) is 0 Å². The van der Waals surface area contributed by atoms with Gasteiger partial charge in [0.05, 0.1) is 5.56 Å². The molecular weight excluding hydrogens is 444 g/mol. The zero-order valence-corrected chi connectivity index (χ0v) is 20.2. The van der Waals surface area contributed by atoms with E-state index in [0.717, 1.165) is 28.7 Å². The molecule has 0 aliphatic rings. The Morgan fingerprint density at radius 1 is 1.11 bits per heavy atom. The number of ether oxygens (including phenoxy) is 2. The highest BCUT2D eigenvalue weighted by atomic mass is 16.5. The van der Waals surface area contributed by atoms with E-state index in [1.54, 1.807) is 19.2 Å². The zero-order valence-electron chi connectivity index (χ0n) is 20.2. The summed E-state index contributed by atoms with van der Waals surface area (Å²) in [5.74, 6) is 11.7. The summed E-state index contributed by atoms with van der Waals surface area (Å²) in [5, 5.41) is 14.2. The third-order valence-electron chi connectivity index (χ3n) is 5.76. The number of hydrogen-bond acceptors (Lipinski definition) is 7. The highest BCUT2D eigenvalue weighted by Crippen LogP contribution is 2.33. The van der Waals surface area contributed by atoms with Crippen LogP contribution in [-0.4, -0.2) is 23.8 Å². The molecule has 1 unspecified atom stereocenters. The lowest BCUT2D eigenvalue weighted by molar-refractivity contribution is 0.101. The molecule has 0 spiro atoms. The predicted octanol–water partition coefficient (Wildman–Crippen LogP) is 3.95. The molecule has 0 aliphatic carbocycles. The second kappa shape index (κ2) is 12.0. The van der Waals surface area contributed by atoms with E-state index < -0.39 is 0 Å². The summed E-state index contributed by atoms with van der Waals surface area (Å²) in [6.07, 6.45) is 1.14. The number of phenols is 1. The van der Waals surface area contributed by atoms with Crippen molar-refractivity contribution in [2.24, 2.45) is 16.8 Å². The van der Waals surface area contributed by atoms with Gasteiger partial charge >= 0.3 is 0 Å². The van der Waals surface area contributed by atoms with Gasteiger partial charge in [-0.15, -0.1) is 0 Å². The molecular formula is C27H32N4O4. The van der Waals surface area contributed by atoms with Crippen LogP contribution in [0.5, 0.6) is 11.5 Å². The number of hydrazone groups is 1. The van der Waals surface area contributed by atoms with Gasteiger partial charge in [0.2, 0.25) is 0 Å². The van der Waals surface area contributed by atoms with E-state index in [9.17, 15) is 9.90 Å². The summed E-state index contributed by atoms with van der Waals surface area (Å²) in [7, 11) is 1.65. The molecule has 8 heteroatoms. The molecule has 0 radical (unpaired) electrons. The number of amidine groups is 1. The quantitative estimate of drug-likeness (QED) is 0.115. The fraction of sp³-hybridized carbons (Fsp3) is 0.259. The number of carbonyl (C=O) groups excluding carboxylic acids is 1. The first kappa shape index (κ1) is 25.7. The molecule has 0 heterocycles. The maximum Gasteiger partial charge on any atom is 0.166 e. The standard InChI is InChI=1S/C27H32N4O4/c1-4-6-23-24(14-13-22(17(2)32)25(23)33)35-16-18-9-11-19(12-10-18)26(34-3)20-7-5-8-21(15-20)27(30-28)31-29/h5,7-15,26,33H,4,6,16,28-29H2,1-3H3,(H,30,31). The molecule has 0 aliphatic heterocycles. The molecule has 0 bridgehead atoms. The lowest BCUT2D eigenvalue weighted by Crippen LogP contribution is -2.32. The second-order valence-electron chi connectivity index (χ2n) is 8.14. The number of hydrogen-bond donors (Lipinski definition) is 4. The number of aromatic hydroxyl groups is 1. The minimum atomic E-state index is -0.297. The van der Waals surface area contributed by atoms with Gasteiger partial charge in [-0.3, -0.25) is 4.79 Å². The van der Waals surface area contributed by atoms with Gasteiger partial charge in [0, 0.05) is 18.2 Å². The number of phenolic OH excluding ortho intramolecular Hbond substituents is 1. The molecule has 3 aromatic carbocycles. The van der Waals surface area contributed by atoms with Crippen LogP contribution < -0.4 is 21.8 Å². The second-order valence-corrected chi connectivity index (χ2v) is 8.14. The van der Waals surface area contributed by atoms with Crippen molar-refractivity contribution in [3.63, 3.8) is 0 Å². The van der Waals surface area contributed by atoms with Crippen molar-refractivity contribution in [1.82, 2.24) is 5.43 Å². The number of nitrogens with zero attached hydrogens (tertiary/aromatic N) is 1. The number of carbonyl (C=O) groups is 1. The molecule has 0 amide bonds. The number of rotatable bonds is 10. The lowest BCUT2D eigenvalue weighted by atomic mass is 9.98. The number of Topliss-reactive ketones (excluding diaryl/α,β-unsaturated/α-hetero) is 1. The zero-order chi connectivity index (χ0) is 25.4. The number of methoxy groups -OCH3 is 1. The van der Waals surface area contributed by atoms with Crippen molar-refractivity contribution in [3.05, 3.63) is 94.0 Å². The minimum Gasteiger partial charge on any atom is -0.507 e. The average molecular weight is 477 g/mol. The first-order chi connectivity index (χ1) is 16.9. The number of ketones is 1. The Morgan fingerprint density at radius 2 is 1.86 bits per heavy atom. The molecule has 3 rings (SSSR count). The third-order valence-corrected chi connectivity index (χ3v) is 5.76. The first-order valence-corrected chi connectivity index (χ1v) is 11.4. The molecule has 184 valence electrons. The van der Waals surface area contributed by atoms with Crippen LogP contribution in [0.2, 0.25) is 0 Å². The van der Waals surface area contributed by atoms with Crippen LogP contribution in [0.1, 0.15) is 64.5 Å². The van der Waals surface area contributed by atoms with E-state index in [1.807, 2.05) is 55.5 Å². The fourth-order valence-electron chi connectivity index (χ4n) is 3.99. The number of nitrogens with two attached hydrogens (primary N) is 2. The Hall–Kier alpha value is -3.88. The minimum absolute atomic E-state index is 0.00466. The Morgan fingerprint density at radius 3 is 2.46 bits per heavy atom. The molecule has 35 heavy (non-hydrogen) atoms. The number of hydrazine groups is 1. The van der Waals surface area contributed by atoms with Gasteiger partial charge in [0.25, 0.3) is 0 Å². The van der Waals surface area contributed by atoms with Gasteiger partial charge in [0.15, 0.2) is 11.6 Å². The van der Waals surface area contributed by atoms with Crippen LogP contribution in [0.3, 0.4) is 0 Å². The number of benzene rings is 3. The largest absolute Gasteiger partial charge is 0.507 e. The Kier molecular flexibility index (Phi) is 8.83.